The van der Waals surface area contributed by atoms with Crippen molar-refractivity contribution < 1.29 is 18.3 Å². The molecule has 152 valence electrons. The summed E-state index contributed by atoms with van der Waals surface area (Å²) in [5, 5.41) is 0.324. The zero-order valence-corrected chi connectivity index (χ0v) is 16.0. The van der Waals surface area contributed by atoms with Crippen LogP contribution in [0.2, 0.25) is 0 Å². The Morgan fingerprint density at radius 1 is 1.20 bits per heavy atom. The van der Waals surface area contributed by atoms with E-state index >= 15 is 0 Å². The van der Waals surface area contributed by atoms with E-state index in [1.807, 2.05) is 6.08 Å². The number of nitrogens with zero attached hydrogens (tertiary/aromatic N) is 2. The van der Waals surface area contributed by atoms with Crippen molar-refractivity contribution in [3.8, 4) is 0 Å². The highest BCUT2D eigenvalue weighted by Crippen LogP contribution is 2.35. The second-order valence-corrected chi connectivity index (χ2v) is 7.50. The van der Waals surface area contributed by atoms with Gasteiger partial charge in [-0.05, 0) is 35.2 Å². The van der Waals surface area contributed by atoms with Gasteiger partial charge in [0.15, 0.2) is 11.6 Å². The van der Waals surface area contributed by atoms with Crippen molar-refractivity contribution in [2.24, 2.45) is 4.99 Å². The van der Waals surface area contributed by atoms with Crippen LogP contribution in [-0.2, 0) is 16.1 Å². The third kappa shape index (κ3) is 2.83. The number of hydrogen-bond donors (Lipinski definition) is 1. The molecule has 1 amide bonds. The zero-order valence-electron chi connectivity index (χ0n) is 16.0. The number of H-pyrrole nitrogens is 1. The molecule has 2 aliphatic heterocycles. The minimum absolute atomic E-state index is 0.0399. The molecule has 1 aromatic heterocycles. The van der Waals surface area contributed by atoms with Gasteiger partial charge in [-0.15, -0.1) is 0 Å². The van der Waals surface area contributed by atoms with E-state index in [0.717, 1.165) is 23.4 Å². The quantitative estimate of drug-likeness (QED) is 0.829. The molecule has 3 aliphatic rings. The highest BCUT2D eigenvalue weighted by atomic mass is 19.2. The average molecular weight is 409 g/mol. The Bertz CT molecular complexity index is 1290. The number of fused-ring (bicyclic) bond motifs is 4. The molecule has 1 N–H and O–H groups in total. The fourth-order valence-electron chi connectivity index (χ4n) is 4.18. The van der Waals surface area contributed by atoms with E-state index in [-0.39, 0.29) is 29.9 Å². The molecule has 0 spiro atoms. The molecule has 3 heterocycles. The standard InChI is InChI=1S/C22H17F2N3O3/c1-27(22(29)12-2-3-17-11(6-12)4-5-25-17)19-10-30-9-18-20(19)13-7-15(23)16(24)8-14(13)21(28)26-18/h2-5,7-8,19H,6,9-10H2,1H3,(H,26,28)/t19-/m1/s1. The van der Waals surface area contributed by atoms with Gasteiger partial charge < -0.3 is 14.6 Å². The predicted molar refractivity (Wildman–Crippen MR) is 107 cm³/mol. The molecule has 2 aromatic rings. The highest BCUT2D eigenvalue weighted by molar-refractivity contribution is 5.96. The Labute approximate surface area is 169 Å². The third-order valence-electron chi connectivity index (χ3n) is 5.74. The molecule has 1 aliphatic carbocycles. The van der Waals surface area contributed by atoms with Crippen LogP contribution in [0.4, 0.5) is 8.78 Å². The number of aliphatic imine (C=N–C) groups is 1. The van der Waals surface area contributed by atoms with Crippen LogP contribution in [0.1, 0.15) is 23.7 Å². The first kappa shape index (κ1) is 18.6. The molecule has 0 unspecified atom stereocenters. The van der Waals surface area contributed by atoms with E-state index in [1.165, 1.54) is 4.90 Å². The first-order valence-electron chi connectivity index (χ1n) is 9.47. The number of rotatable bonds is 2. The maximum absolute atomic E-state index is 14.0. The van der Waals surface area contributed by atoms with E-state index in [2.05, 4.69) is 9.98 Å². The number of carbonyl (C=O) groups is 1. The SMILES string of the molecule is CN(C(=O)C1=CC=C2N=CC=C2C1)[C@@H]1COCc2[nH]c(=O)c3cc(F)c(F)cc3c21. The summed E-state index contributed by atoms with van der Waals surface area (Å²) in [4.78, 5) is 34.0. The summed E-state index contributed by atoms with van der Waals surface area (Å²) in [6, 6.07) is 1.34. The van der Waals surface area contributed by atoms with Gasteiger partial charge >= 0.3 is 0 Å². The normalized spacial score (nSPS) is 19.7. The van der Waals surface area contributed by atoms with Crippen molar-refractivity contribution in [1.29, 1.82) is 0 Å². The average Bonchev–Trinajstić information content (AvgIpc) is 3.21. The van der Waals surface area contributed by atoms with E-state index in [0.29, 0.717) is 23.3 Å². The first-order chi connectivity index (χ1) is 14.4. The van der Waals surface area contributed by atoms with Gasteiger partial charge in [-0.25, -0.2) is 8.78 Å². The van der Waals surface area contributed by atoms with Crippen molar-refractivity contribution >= 4 is 22.9 Å². The maximum atomic E-state index is 14.0. The molecule has 1 atom stereocenters. The summed E-state index contributed by atoms with van der Waals surface area (Å²) in [6.45, 7) is 0.298. The number of amides is 1. The molecule has 0 saturated heterocycles. The predicted octanol–water partition coefficient (Wildman–Crippen LogP) is 3.06. The van der Waals surface area contributed by atoms with Gasteiger partial charge in [0, 0.05) is 36.5 Å². The smallest absolute Gasteiger partial charge is 0.256 e. The number of aromatic nitrogens is 1. The zero-order chi connectivity index (χ0) is 21.0. The molecule has 0 radical (unpaired) electrons. The van der Waals surface area contributed by atoms with Gasteiger partial charge in [-0.1, -0.05) is 6.08 Å². The Morgan fingerprint density at radius 2 is 1.97 bits per heavy atom. The summed E-state index contributed by atoms with van der Waals surface area (Å²) in [5.74, 6) is -2.35. The largest absolute Gasteiger partial charge is 0.373 e. The van der Waals surface area contributed by atoms with Crippen LogP contribution in [-0.4, -0.2) is 35.7 Å². The lowest BCUT2D eigenvalue weighted by Gasteiger charge is -2.34. The van der Waals surface area contributed by atoms with Gasteiger partial charge in [0.1, 0.15) is 0 Å². The molecule has 6 nitrogen and oxygen atoms in total. The van der Waals surface area contributed by atoms with Gasteiger partial charge in [-0.2, -0.15) is 0 Å². The molecule has 1 aromatic carbocycles. The van der Waals surface area contributed by atoms with E-state index in [1.54, 1.807) is 25.4 Å². The molecule has 8 heteroatoms. The van der Waals surface area contributed by atoms with Crippen LogP contribution in [0.5, 0.6) is 0 Å². The molecule has 0 bridgehead atoms. The maximum Gasteiger partial charge on any atom is 0.256 e. The number of nitrogens with one attached hydrogen (secondary N) is 1. The van der Waals surface area contributed by atoms with Crippen LogP contribution in [0.15, 0.2) is 57.0 Å². The Morgan fingerprint density at radius 3 is 2.77 bits per heavy atom. The number of ether oxygens (including phenoxy) is 1. The lowest BCUT2D eigenvalue weighted by Crippen LogP contribution is -2.38. The molecular weight excluding hydrogens is 392 g/mol. The molecular formula is C22H17F2N3O3. The van der Waals surface area contributed by atoms with Crippen LogP contribution < -0.4 is 5.56 Å². The van der Waals surface area contributed by atoms with Crippen molar-refractivity contribution in [2.45, 2.75) is 19.1 Å². The Hall–Kier alpha value is -3.39. The second-order valence-electron chi connectivity index (χ2n) is 7.50. The van der Waals surface area contributed by atoms with Gasteiger partial charge in [-0.3, -0.25) is 14.6 Å². The third-order valence-corrected chi connectivity index (χ3v) is 5.74. The number of carbonyl (C=O) groups excluding carboxylic acids is 1. The van der Waals surface area contributed by atoms with E-state index in [9.17, 15) is 18.4 Å². The monoisotopic (exact) mass is 409 g/mol. The Kier molecular flexibility index (Phi) is 4.25. The summed E-state index contributed by atoms with van der Waals surface area (Å²) in [5.41, 5.74) is 2.92. The van der Waals surface area contributed by atoms with Crippen molar-refractivity contribution in [1.82, 2.24) is 9.88 Å². The Balaban J connectivity index is 1.57. The topological polar surface area (TPSA) is 74.8 Å². The van der Waals surface area contributed by atoms with Gasteiger partial charge in [0.25, 0.3) is 5.56 Å². The number of halogens is 2. The van der Waals surface area contributed by atoms with Crippen LogP contribution >= 0.6 is 0 Å². The van der Waals surface area contributed by atoms with E-state index < -0.39 is 23.2 Å². The minimum Gasteiger partial charge on any atom is -0.373 e. The number of benzene rings is 1. The van der Waals surface area contributed by atoms with Crippen molar-refractivity contribution in [2.75, 3.05) is 13.7 Å². The minimum atomic E-state index is -1.09. The van der Waals surface area contributed by atoms with Crippen molar-refractivity contribution in [3.63, 3.8) is 0 Å². The van der Waals surface area contributed by atoms with Gasteiger partial charge in [0.2, 0.25) is 5.91 Å². The lowest BCUT2D eigenvalue weighted by atomic mass is 9.93. The van der Waals surface area contributed by atoms with Crippen molar-refractivity contribution in [3.05, 3.63) is 80.4 Å². The molecule has 5 rings (SSSR count). The summed E-state index contributed by atoms with van der Waals surface area (Å²) >= 11 is 0. The number of aromatic amines is 1. The fourth-order valence-corrected chi connectivity index (χ4v) is 4.18. The number of likely N-dealkylation sites (N-methyl/N-ethyl adjacent to an activating group) is 1. The number of pyridine rings is 1. The van der Waals surface area contributed by atoms with Gasteiger partial charge in [0.05, 0.1) is 30.3 Å². The summed E-state index contributed by atoms with van der Waals surface area (Å²) in [6.07, 6.45) is 7.59. The molecule has 0 fully saturated rings. The molecule has 30 heavy (non-hydrogen) atoms. The molecule has 0 saturated carbocycles. The number of hydrogen-bond acceptors (Lipinski definition) is 4. The first-order valence-corrected chi connectivity index (χ1v) is 9.47. The fraction of sp³-hybridized carbons (Fsp3) is 0.227. The van der Waals surface area contributed by atoms with Crippen LogP contribution in [0.3, 0.4) is 0 Å². The number of allylic oxidation sites excluding steroid dienone is 4. The van der Waals surface area contributed by atoms with Crippen LogP contribution in [0, 0.1) is 11.6 Å². The van der Waals surface area contributed by atoms with E-state index in [4.69, 9.17) is 4.74 Å². The lowest BCUT2D eigenvalue weighted by molar-refractivity contribution is -0.130. The van der Waals surface area contributed by atoms with Crippen LogP contribution in [0.25, 0.3) is 10.8 Å². The summed E-state index contributed by atoms with van der Waals surface area (Å²) < 4.78 is 33.4. The second kappa shape index (κ2) is 6.84. The summed E-state index contributed by atoms with van der Waals surface area (Å²) in [7, 11) is 1.64. The highest BCUT2D eigenvalue weighted by Gasteiger charge is 2.32.